The zero-order valence-corrected chi connectivity index (χ0v) is 14.2. The second kappa shape index (κ2) is 6.97. The Hall–Kier alpha value is -2.47. The summed E-state index contributed by atoms with van der Waals surface area (Å²) in [7, 11) is 3.79. The lowest BCUT2D eigenvalue weighted by Gasteiger charge is -2.15. The summed E-state index contributed by atoms with van der Waals surface area (Å²) >= 11 is 6.29. The van der Waals surface area contributed by atoms with Crippen molar-refractivity contribution < 1.29 is 19.8 Å². The molecule has 9 heteroatoms. The maximum atomic E-state index is 11.8. The van der Waals surface area contributed by atoms with Gasteiger partial charge in [-0.25, -0.2) is 4.98 Å². The van der Waals surface area contributed by atoms with Crippen molar-refractivity contribution in [2.45, 2.75) is 6.92 Å². The molecule has 0 spiro atoms. The molecule has 0 fully saturated rings. The Bertz CT molecular complexity index is 843. The molecule has 0 aliphatic rings. The topological polar surface area (TPSA) is 99.5 Å². The third-order valence-corrected chi connectivity index (χ3v) is 4.23. The van der Waals surface area contributed by atoms with Gasteiger partial charge in [-0.15, -0.1) is 0 Å². The predicted octanol–water partition coefficient (Wildman–Crippen LogP) is -1.25. The van der Waals surface area contributed by atoms with E-state index in [1.54, 1.807) is 0 Å². The molecule has 1 aromatic heterocycles. The Morgan fingerprint density at radius 2 is 2.00 bits per heavy atom. The van der Waals surface area contributed by atoms with Crippen LogP contribution in [0, 0.1) is 6.92 Å². The fraction of sp³-hybridized carbons (Fsp3) is 0.133. The van der Waals surface area contributed by atoms with Gasteiger partial charge in [0.05, 0.1) is 0 Å². The van der Waals surface area contributed by atoms with Crippen molar-refractivity contribution in [1.29, 1.82) is 0 Å². The van der Waals surface area contributed by atoms with Crippen LogP contribution in [-0.2, 0) is 4.79 Å². The first-order chi connectivity index (χ1) is 11.2. The molecule has 0 unspecified atom stereocenters. The summed E-state index contributed by atoms with van der Waals surface area (Å²) in [6, 6.07) is 3.36. The highest BCUT2D eigenvalue weighted by Gasteiger charge is 2.17. The molecular weight excluding hydrogens is 329 g/mol. The lowest BCUT2D eigenvalue weighted by atomic mass is 9.79. The van der Waals surface area contributed by atoms with Crippen LogP contribution in [0.25, 0.3) is 11.1 Å². The number of hydrogen-bond acceptors (Lipinski definition) is 4. The van der Waals surface area contributed by atoms with Gasteiger partial charge in [0.2, 0.25) is 0 Å². The second-order valence-electron chi connectivity index (χ2n) is 5.49. The number of halogens is 1. The quantitative estimate of drug-likeness (QED) is 0.602. The molecule has 0 bridgehead atoms. The molecule has 0 radical (unpaired) electrons. The van der Waals surface area contributed by atoms with Gasteiger partial charge in [0, 0.05) is 16.8 Å². The molecule has 2 aromatic rings. The first kappa shape index (κ1) is 17.9. The summed E-state index contributed by atoms with van der Waals surface area (Å²) in [6.45, 7) is 1.38. The van der Waals surface area contributed by atoms with Crippen molar-refractivity contribution >= 4 is 50.1 Å². The van der Waals surface area contributed by atoms with Crippen molar-refractivity contribution in [3.05, 3.63) is 34.6 Å². The minimum Gasteiger partial charge on any atom is -0.505 e. The van der Waals surface area contributed by atoms with E-state index in [1.165, 1.54) is 12.3 Å². The van der Waals surface area contributed by atoms with Gasteiger partial charge in [-0.1, -0.05) is 28.6 Å². The molecular formula is C15H15B2ClN2O4. The molecule has 0 saturated heterocycles. The monoisotopic (exact) mass is 344 g/mol. The van der Waals surface area contributed by atoms with E-state index in [1.807, 2.05) is 28.7 Å². The van der Waals surface area contributed by atoms with Crippen molar-refractivity contribution in [2.24, 2.45) is 0 Å². The molecule has 24 heavy (non-hydrogen) atoms. The van der Waals surface area contributed by atoms with Gasteiger partial charge in [0.15, 0.2) is 5.69 Å². The number of carbonyl (C=O) groups excluding carboxylic acids is 1. The average molecular weight is 344 g/mol. The van der Waals surface area contributed by atoms with E-state index in [-0.39, 0.29) is 11.4 Å². The van der Waals surface area contributed by atoms with Crippen LogP contribution in [0.3, 0.4) is 0 Å². The highest BCUT2D eigenvalue weighted by atomic mass is 35.5. The molecule has 122 valence electrons. The van der Waals surface area contributed by atoms with Crippen molar-refractivity contribution in [2.75, 3.05) is 6.54 Å². The van der Waals surface area contributed by atoms with Gasteiger partial charge >= 0.3 is 5.97 Å². The SMILES string of the molecule is Bc1cc(C)c(-c2cnc(C(=O)NCC(=O)O)c(O)c2)c(B)c1Cl. The predicted molar refractivity (Wildman–Crippen MR) is 97.4 cm³/mol. The van der Waals surface area contributed by atoms with E-state index in [0.29, 0.717) is 10.6 Å². The van der Waals surface area contributed by atoms with Crippen molar-refractivity contribution in [3.63, 3.8) is 0 Å². The highest BCUT2D eigenvalue weighted by Crippen LogP contribution is 2.27. The molecule has 1 amide bonds. The maximum Gasteiger partial charge on any atom is 0.322 e. The van der Waals surface area contributed by atoms with Gasteiger partial charge in [-0.3, -0.25) is 9.59 Å². The second-order valence-corrected chi connectivity index (χ2v) is 5.87. The number of benzene rings is 1. The van der Waals surface area contributed by atoms with Crippen LogP contribution in [-0.4, -0.2) is 49.3 Å². The molecule has 0 saturated carbocycles. The Labute approximate surface area is 145 Å². The van der Waals surface area contributed by atoms with E-state index in [2.05, 4.69) is 10.3 Å². The van der Waals surface area contributed by atoms with Crippen LogP contribution >= 0.6 is 11.6 Å². The molecule has 1 aromatic carbocycles. The largest absolute Gasteiger partial charge is 0.505 e. The first-order valence-corrected chi connectivity index (χ1v) is 7.55. The lowest BCUT2D eigenvalue weighted by Crippen LogP contribution is -2.30. The normalized spacial score (nSPS) is 10.4. The van der Waals surface area contributed by atoms with Gasteiger partial charge in [-0.05, 0) is 24.1 Å². The van der Waals surface area contributed by atoms with Crippen LogP contribution in [0.1, 0.15) is 16.1 Å². The van der Waals surface area contributed by atoms with E-state index < -0.39 is 18.4 Å². The number of aliphatic carboxylic acids is 1. The van der Waals surface area contributed by atoms with Crippen LogP contribution in [0.4, 0.5) is 0 Å². The van der Waals surface area contributed by atoms with Crippen LogP contribution in [0.5, 0.6) is 5.75 Å². The number of carbonyl (C=O) groups is 2. The zero-order chi connectivity index (χ0) is 18.0. The Kier molecular flexibility index (Phi) is 5.19. The molecule has 6 nitrogen and oxygen atoms in total. The van der Waals surface area contributed by atoms with Crippen LogP contribution in [0.15, 0.2) is 18.3 Å². The number of aryl methyl sites for hydroxylation is 1. The number of aromatic nitrogens is 1. The first-order valence-electron chi connectivity index (χ1n) is 7.18. The summed E-state index contributed by atoms with van der Waals surface area (Å²) < 4.78 is 0. The summed E-state index contributed by atoms with van der Waals surface area (Å²) in [5.41, 5.74) is 4.02. The number of pyridine rings is 1. The Morgan fingerprint density at radius 3 is 2.58 bits per heavy atom. The minimum absolute atomic E-state index is 0.228. The van der Waals surface area contributed by atoms with Crippen molar-refractivity contribution in [3.8, 4) is 16.9 Å². The third kappa shape index (κ3) is 3.54. The molecule has 3 N–H and O–H groups in total. The Morgan fingerprint density at radius 1 is 1.33 bits per heavy atom. The summed E-state index contributed by atoms with van der Waals surface area (Å²) in [6.07, 6.45) is 1.45. The average Bonchev–Trinajstić information content (AvgIpc) is 2.50. The number of carboxylic acids is 1. The van der Waals surface area contributed by atoms with Gasteiger partial charge in [0.1, 0.15) is 28.0 Å². The summed E-state index contributed by atoms with van der Waals surface area (Å²) in [4.78, 5) is 26.3. The fourth-order valence-corrected chi connectivity index (χ4v) is 2.76. The number of aromatic hydroxyl groups is 1. The molecule has 0 aliphatic heterocycles. The third-order valence-electron chi connectivity index (χ3n) is 3.65. The Balaban J connectivity index is 2.42. The lowest BCUT2D eigenvalue weighted by molar-refractivity contribution is -0.135. The van der Waals surface area contributed by atoms with E-state index in [4.69, 9.17) is 16.7 Å². The molecule has 0 atom stereocenters. The molecule has 1 heterocycles. The van der Waals surface area contributed by atoms with Gasteiger partial charge < -0.3 is 15.5 Å². The smallest absolute Gasteiger partial charge is 0.322 e. The van der Waals surface area contributed by atoms with Crippen LogP contribution < -0.4 is 16.2 Å². The number of nitrogens with zero attached hydrogens (tertiary/aromatic N) is 1. The van der Waals surface area contributed by atoms with Gasteiger partial charge in [-0.2, -0.15) is 0 Å². The van der Waals surface area contributed by atoms with E-state index >= 15 is 0 Å². The highest BCUT2D eigenvalue weighted by molar-refractivity contribution is 6.54. The van der Waals surface area contributed by atoms with E-state index in [9.17, 15) is 14.7 Å². The molecule has 0 aliphatic carbocycles. The number of carboxylic acid groups (broad SMARTS) is 1. The summed E-state index contributed by atoms with van der Waals surface area (Å²) in [5, 5.41) is 21.5. The summed E-state index contributed by atoms with van der Waals surface area (Å²) in [5.74, 6) is -2.26. The minimum atomic E-state index is -1.18. The number of nitrogens with one attached hydrogen (secondary N) is 1. The van der Waals surface area contributed by atoms with Crippen LogP contribution in [0.2, 0.25) is 5.02 Å². The number of rotatable bonds is 4. The standard InChI is InChI=1S/C15H15B2ClN2O4/c1-6-2-8(16)13(18)12(17)11(6)7-3-9(21)14(19-4-7)15(24)20-5-10(22)23/h2-4,21H,5,16-17H2,1H3,(H,20,24)(H,22,23). The van der Waals surface area contributed by atoms with Crippen molar-refractivity contribution in [1.82, 2.24) is 10.3 Å². The maximum absolute atomic E-state index is 11.8. The van der Waals surface area contributed by atoms with Gasteiger partial charge in [0.25, 0.3) is 5.91 Å². The molecule has 2 rings (SSSR count). The zero-order valence-electron chi connectivity index (χ0n) is 13.5. The fourth-order valence-electron chi connectivity index (χ4n) is 2.61. The van der Waals surface area contributed by atoms with E-state index in [0.717, 1.165) is 22.1 Å². The number of amides is 1. The number of hydrogen-bond donors (Lipinski definition) is 3.